The van der Waals surface area contributed by atoms with Crippen LogP contribution in [0.3, 0.4) is 0 Å². The van der Waals surface area contributed by atoms with Gasteiger partial charge in [0.2, 0.25) is 0 Å². The van der Waals surface area contributed by atoms with Crippen LogP contribution in [0, 0.1) is 0 Å². The third-order valence-corrected chi connectivity index (χ3v) is 8.63. The van der Waals surface area contributed by atoms with E-state index in [-0.39, 0.29) is 50.5 Å². The Labute approximate surface area is 252 Å². The molecule has 0 atom stereocenters. The fourth-order valence-electron chi connectivity index (χ4n) is 4.17. The van der Waals surface area contributed by atoms with Gasteiger partial charge in [-0.3, -0.25) is 9.69 Å². The van der Waals surface area contributed by atoms with Crippen LogP contribution < -0.4 is 10.1 Å². The van der Waals surface area contributed by atoms with Gasteiger partial charge in [-0.15, -0.1) is 13.2 Å². The predicted molar refractivity (Wildman–Crippen MR) is 152 cm³/mol. The first-order valence-electron chi connectivity index (χ1n) is 13.0. The first-order valence-corrected chi connectivity index (χ1v) is 15.4. The van der Waals surface area contributed by atoms with Crippen LogP contribution in [-0.4, -0.2) is 74.1 Å². The number of benzene rings is 2. The maximum atomic E-state index is 13.3. The topological polar surface area (TPSA) is 105 Å². The summed E-state index contributed by atoms with van der Waals surface area (Å²) in [6.45, 7) is 7.70. The summed E-state index contributed by atoms with van der Waals surface area (Å²) < 4.78 is 74.5. The molecule has 0 radical (unpaired) electrons. The molecule has 0 spiro atoms. The van der Waals surface area contributed by atoms with Crippen molar-refractivity contribution >= 4 is 45.0 Å². The molecule has 0 saturated carbocycles. The molecule has 1 saturated heterocycles. The minimum Gasteiger partial charge on any atom is -0.444 e. The maximum Gasteiger partial charge on any atom is 0.573 e. The second-order valence-corrected chi connectivity index (χ2v) is 13.7. The van der Waals surface area contributed by atoms with Gasteiger partial charge in [0.1, 0.15) is 11.4 Å². The van der Waals surface area contributed by atoms with E-state index in [9.17, 15) is 31.2 Å². The number of amides is 2. The molecule has 1 N–H and O–H groups in total. The number of nitrogens with zero attached hydrogens (tertiary/aromatic N) is 2. The zero-order chi connectivity index (χ0) is 31.5. The highest BCUT2D eigenvalue weighted by atomic mass is 35.5. The normalized spacial score (nSPS) is 14.9. The molecule has 232 valence electrons. The lowest BCUT2D eigenvalue weighted by Crippen LogP contribution is -2.49. The van der Waals surface area contributed by atoms with Crippen molar-refractivity contribution in [2.24, 2.45) is 0 Å². The molecule has 0 bridgehead atoms. The second-order valence-electron chi connectivity index (χ2n) is 10.6. The minimum absolute atomic E-state index is 0.0161. The number of halogens is 5. The average Bonchev–Trinajstić information content (AvgIpc) is 2.87. The molecule has 42 heavy (non-hydrogen) atoms. The number of hydrogen-bond acceptors (Lipinski definition) is 7. The quantitative estimate of drug-likeness (QED) is 0.391. The molecule has 3 rings (SSSR count). The first-order chi connectivity index (χ1) is 19.4. The highest BCUT2D eigenvalue weighted by Crippen LogP contribution is 2.34. The molecule has 2 aromatic rings. The van der Waals surface area contributed by atoms with Gasteiger partial charge in [-0.25, -0.2) is 13.2 Å². The smallest absolute Gasteiger partial charge is 0.444 e. The van der Waals surface area contributed by atoms with Gasteiger partial charge < -0.3 is 19.7 Å². The Morgan fingerprint density at radius 1 is 1.02 bits per heavy atom. The highest BCUT2D eigenvalue weighted by Gasteiger charge is 2.34. The molecule has 1 fully saturated rings. The molecule has 1 heterocycles. The van der Waals surface area contributed by atoms with Crippen LogP contribution in [0.5, 0.6) is 5.75 Å². The molecule has 15 heteroatoms. The van der Waals surface area contributed by atoms with Crippen molar-refractivity contribution in [1.29, 1.82) is 0 Å². The number of rotatable bonds is 8. The van der Waals surface area contributed by atoms with Crippen molar-refractivity contribution in [2.75, 3.05) is 31.9 Å². The number of alkyl halides is 3. The van der Waals surface area contributed by atoms with Crippen LogP contribution in [0.2, 0.25) is 10.0 Å². The number of carbonyl (C=O) groups excluding carboxylic acids is 2. The Bertz CT molecular complexity index is 1420. The second kappa shape index (κ2) is 13.3. The molecule has 1 aliphatic heterocycles. The molecule has 9 nitrogen and oxygen atoms in total. The minimum atomic E-state index is -5.06. The fourth-order valence-corrected chi connectivity index (χ4v) is 5.76. The molecule has 0 aliphatic carbocycles. The van der Waals surface area contributed by atoms with E-state index in [1.165, 1.54) is 36.1 Å². The summed E-state index contributed by atoms with van der Waals surface area (Å²) in [5, 5.41) is 2.63. The number of nitrogens with one attached hydrogen (secondary N) is 1. The van der Waals surface area contributed by atoms with Crippen molar-refractivity contribution in [1.82, 2.24) is 15.1 Å². The number of ether oxygens (including phenoxy) is 2. The lowest BCUT2D eigenvalue weighted by molar-refractivity contribution is -0.275. The first kappa shape index (κ1) is 33.8. The Morgan fingerprint density at radius 2 is 1.67 bits per heavy atom. The fraction of sp³-hybridized carbons (Fsp3) is 0.481. The zero-order valence-corrected chi connectivity index (χ0v) is 25.8. The monoisotopic (exact) mass is 653 g/mol. The molecule has 0 aromatic heterocycles. The van der Waals surface area contributed by atoms with E-state index in [1.807, 2.05) is 0 Å². The third kappa shape index (κ3) is 9.38. The van der Waals surface area contributed by atoms with Gasteiger partial charge in [0, 0.05) is 60.4 Å². The van der Waals surface area contributed by atoms with E-state index >= 15 is 0 Å². The molecular weight excluding hydrogens is 622 g/mol. The van der Waals surface area contributed by atoms with Crippen molar-refractivity contribution in [3.8, 4) is 5.75 Å². The van der Waals surface area contributed by atoms with Crippen LogP contribution >= 0.6 is 23.2 Å². The van der Waals surface area contributed by atoms with Gasteiger partial charge in [0.05, 0.1) is 10.6 Å². The Hall–Kier alpha value is -2.74. The number of hydrogen-bond donors (Lipinski definition) is 1. The summed E-state index contributed by atoms with van der Waals surface area (Å²) in [5.74, 6) is -1.63. The Morgan fingerprint density at radius 3 is 2.24 bits per heavy atom. The summed E-state index contributed by atoms with van der Waals surface area (Å²) in [4.78, 5) is 28.6. The molecular formula is C27H32Cl2F3N3O6S. The van der Waals surface area contributed by atoms with Gasteiger partial charge in [0.15, 0.2) is 9.84 Å². The summed E-state index contributed by atoms with van der Waals surface area (Å²) >= 11 is 12.4. The van der Waals surface area contributed by atoms with Gasteiger partial charge in [-0.05, 0) is 56.7 Å². The van der Waals surface area contributed by atoms with Crippen LogP contribution in [0.1, 0.15) is 49.2 Å². The Balaban J connectivity index is 1.79. The van der Waals surface area contributed by atoms with Gasteiger partial charge in [-0.2, -0.15) is 0 Å². The van der Waals surface area contributed by atoms with Crippen LogP contribution in [-0.2, 0) is 27.7 Å². The summed E-state index contributed by atoms with van der Waals surface area (Å²) in [6.07, 6.45) is -5.54. The van der Waals surface area contributed by atoms with Crippen molar-refractivity contribution in [3.05, 3.63) is 57.1 Å². The number of piperazine rings is 1. The van der Waals surface area contributed by atoms with Gasteiger partial charge in [-0.1, -0.05) is 30.1 Å². The van der Waals surface area contributed by atoms with Gasteiger partial charge >= 0.3 is 12.5 Å². The molecule has 1 aliphatic rings. The van der Waals surface area contributed by atoms with E-state index in [0.29, 0.717) is 26.2 Å². The molecule has 2 amide bonds. The van der Waals surface area contributed by atoms with E-state index in [1.54, 1.807) is 25.7 Å². The van der Waals surface area contributed by atoms with E-state index in [2.05, 4.69) is 10.1 Å². The standard InChI is InChI=1S/C27H32Cl2F3N3O6S/c1-5-42(38,39)23-7-6-19(28)12-18(23)15-33-24(36)17-13-21(29)20(22(14-17)40-27(30,31)32)16-34-8-10-35(11-9-34)25(37)41-26(2,3)4/h6-7,12-14H,5,8-11,15-16H2,1-4H3,(H,33,36). The highest BCUT2D eigenvalue weighted by molar-refractivity contribution is 7.91. The third-order valence-electron chi connectivity index (χ3n) is 6.23. The summed E-state index contributed by atoms with van der Waals surface area (Å²) in [6, 6.07) is 6.28. The van der Waals surface area contributed by atoms with Crippen LogP contribution in [0.25, 0.3) is 0 Å². The predicted octanol–water partition coefficient (Wildman–Crippen LogP) is 5.67. The van der Waals surface area contributed by atoms with Crippen molar-refractivity contribution < 1.29 is 40.7 Å². The van der Waals surface area contributed by atoms with Gasteiger partial charge in [0.25, 0.3) is 5.91 Å². The zero-order valence-electron chi connectivity index (χ0n) is 23.5. The largest absolute Gasteiger partial charge is 0.573 e. The average molecular weight is 655 g/mol. The van der Waals surface area contributed by atoms with E-state index in [0.717, 1.165) is 6.07 Å². The van der Waals surface area contributed by atoms with E-state index in [4.69, 9.17) is 27.9 Å². The van der Waals surface area contributed by atoms with Crippen LogP contribution in [0.15, 0.2) is 35.2 Å². The summed E-state index contributed by atoms with van der Waals surface area (Å²) in [7, 11) is -3.64. The number of sulfone groups is 1. The SMILES string of the molecule is CCS(=O)(=O)c1ccc(Cl)cc1CNC(=O)c1cc(Cl)c(CN2CCN(C(=O)OC(C)(C)C)CC2)c(OC(F)(F)F)c1. The van der Waals surface area contributed by atoms with E-state index < -0.39 is 39.6 Å². The maximum absolute atomic E-state index is 13.3. The molecule has 0 unspecified atom stereocenters. The number of carbonyl (C=O) groups is 2. The lowest BCUT2D eigenvalue weighted by atomic mass is 10.1. The lowest BCUT2D eigenvalue weighted by Gasteiger charge is -2.36. The molecule has 2 aromatic carbocycles. The Kier molecular flexibility index (Phi) is 10.7. The van der Waals surface area contributed by atoms with Crippen molar-refractivity contribution in [2.45, 2.75) is 57.6 Å². The van der Waals surface area contributed by atoms with Crippen molar-refractivity contribution in [3.63, 3.8) is 0 Å². The summed E-state index contributed by atoms with van der Waals surface area (Å²) in [5.41, 5.74) is -0.650. The van der Waals surface area contributed by atoms with Crippen LogP contribution in [0.4, 0.5) is 18.0 Å².